The Balaban J connectivity index is 1.70. The SMILES string of the molecule is COc1ccc(-n2c(SCC(=O)N3CCCC3=O)nnc2-c2ccccc2)cc1OC. The molecule has 1 aromatic heterocycles. The first kappa shape index (κ1) is 20.9. The van der Waals surface area contributed by atoms with E-state index in [1.807, 2.05) is 53.1 Å². The molecule has 0 aliphatic carbocycles. The number of hydrogen-bond acceptors (Lipinski definition) is 7. The van der Waals surface area contributed by atoms with Crippen LogP contribution >= 0.6 is 11.8 Å². The van der Waals surface area contributed by atoms with Gasteiger partial charge in [-0.2, -0.15) is 0 Å². The van der Waals surface area contributed by atoms with E-state index < -0.39 is 0 Å². The lowest BCUT2D eigenvalue weighted by atomic mass is 10.2. The van der Waals surface area contributed by atoms with Crippen molar-refractivity contribution in [1.82, 2.24) is 19.7 Å². The Bertz CT molecular complexity index is 1100. The zero-order valence-corrected chi connectivity index (χ0v) is 18.1. The minimum Gasteiger partial charge on any atom is -0.493 e. The van der Waals surface area contributed by atoms with Crippen LogP contribution in [-0.2, 0) is 9.59 Å². The van der Waals surface area contributed by atoms with E-state index in [1.54, 1.807) is 14.2 Å². The first-order valence-electron chi connectivity index (χ1n) is 9.81. The van der Waals surface area contributed by atoms with Crippen molar-refractivity contribution in [3.05, 3.63) is 48.5 Å². The molecule has 2 amide bonds. The van der Waals surface area contributed by atoms with E-state index in [4.69, 9.17) is 9.47 Å². The van der Waals surface area contributed by atoms with Crippen LogP contribution in [0.25, 0.3) is 17.1 Å². The summed E-state index contributed by atoms with van der Waals surface area (Å²) in [5.41, 5.74) is 1.66. The van der Waals surface area contributed by atoms with Gasteiger partial charge in [0.05, 0.1) is 25.7 Å². The number of ether oxygens (including phenoxy) is 2. The number of methoxy groups -OCH3 is 2. The van der Waals surface area contributed by atoms with Crippen LogP contribution in [0.15, 0.2) is 53.7 Å². The Hall–Kier alpha value is -3.33. The highest BCUT2D eigenvalue weighted by Crippen LogP contribution is 2.33. The Kier molecular flexibility index (Phi) is 6.22. The zero-order valence-electron chi connectivity index (χ0n) is 17.3. The summed E-state index contributed by atoms with van der Waals surface area (Å²) in [7, 11) is 3.16. The highest BCUT2D eigenvalue weighted by molar-refractivity contribution is 7.99. The fourth-order valence-electron chi connectivity index (χ4n) is 3.45. The second kappa shape index (κ2) is 9.22. The van der Waals surface area contributed by atoms with Crippen LogP contribution in [-0.4, -0.2) is 58.0 Å². The normalized spacial score (nSPS) is 13.5. The molecule has 1 aliphatic heterocycles. The summed E-state index contributed by atoms with van der Waals surface area (Å²) in [5.74, 6) is 1.60. The predicted molar refractivity (Wildman–Crippen MR) is 117 cm³/mol. The van der Waals surface area contributed by atoms with Crippen LogP contribution in [0, 0.1) is 0 Å². The molecule has 31 heavy (non-hydrogen) atoms. The fourth-order valence-corrected chi connectivity index (χ4v) is 4.28. The molecule has 0 bridgehead atoms. The van der Waals surface area contributed by atoms with Gasteiger partial charge in [-0.15, -0.1) is 10.2 Å². The summed E-state index contributed by atoms with van der Waals surface area (Å²) in [6.45, 7) is 0.482. The molecule has 8 nitrogen and oxygen atoms in total. The fraction of sp³-hybridized carbons (Fsp3) is 0.273. The van der Waals surface area contributed by atoms with Gasteiger partial charge in [0.25, 0.3) is 0 Å². The number of nitrogens with zero attached hydrogens (tertiary/aromatic N) is 4. The van der Waals surface area contributed by atoms with Gasteiger partial charge in [-0.3, -0.25) is 19.1 Å². The van der Waals surface area contributed by atoms with Crippen molar-refractivity contribution in [2.24, 2.45) is 0 Å². The molecule has 0 radical (unpaired) electrons. The average Bonchev–Trinajstić information content (AvgIpc) is 3.43. The molecular weight excluding hydrogens is 416 g/mol. The lowest BCUT2D eigenvalue weighted by molar-refractivity contribution is -0.140. The Morgan fingerprint density at radius 2 is 1.84 bits per heavy atom. The summed E-state index contributed by atoms with van der Waals surface area (Å²) in [4.78, 5) is 25.7. The van der Waals surface area contributed by atoms with Crippen molar-refractivity contribution >= 4 is 23.6 Å². The van der Waals surface area contributed by atoms with Crippen molar-refractivity contribution in [2.75, 3.05) is 26.5 Å². The van der Waals surface area contributed by atoms with E-state index in [0.717, 1.165) is 17.7 Å². The largest absolute Gasteiger partial charge is 0.493 e. The van der Waals surface area contributed by atoms with Crippen molar-refractivity contribution in [1.29, 1.82) is 0 Å². The predicted octanol–water partition coefficient (Wildman–Crippen LogP) is 3.19. The highest BCUT2D eigenvalue weighted by atomic mass is 32.2. The standard InChI is InChI=1S/C22H22N4O4S/c1-29-17-11-10-16(13-18(17)30-2)26-21(15-7-4-3-5-8-15)23-24-22(26)31-14-20(28)25-12-6-9-19(25)27/h3-5,7-8,10-11,13H,6,9,12,14H2,1-2H3. The topological polar surface area (TPSA) is 86.6 Å². The number of aromatic nitrogens is 3. The van der Waals surface area contributed by atoms with Crippen LogP contribution in [0.5, 0.6) is 11.5 Å². The Morgan fingerprint density at radius 3 is 2.52 bits per heavy atom. The molecule has 160 valence electrons. The molecule has 3 aromatic rings. The van der Waals surface area contributed by atoms with Gasteiger partial charge in [-0.1, -0.05) is 42.1 Å². The first-order chi connectivity index (χ1) is 15.1. The minimum absolute atomic E-state index is 0.103. The third-order valence-electron chi connectivity index (χ3n) is 4.99. The number of carbonyl (C=O) groups excluding carboxylic acids is 2. The molecule has 0 unspecified atom stereocenters. The van der Waals surface area contributed by atoms with Gasteiger partial charge in [0.2, 0.25) is 11.8 Å². The monoisotopic (exact) mass is 438 g/mol. The molecule has 4 rings (SSSR count). The second-order valence-corrected chi connectivity index (χ2v) is 7.82. The van der Waals surface area contributed by atoms with Crippen LogP contribution in [0.2, 0.25) is 0 Å². The summed E-state index contributed by atoms with van der Waals surface area (Å²) >= 11 is 1.25. The smallest absolute Gasteiger partial charge is 0.239 e. The number of carbonyl (C=O) groups is 2. The average molecular weight is 439 g/mol. The van der Waals surface area contributed by atoms with E-state index in [9.17, 15) is 9.59 Å². The van der Waals surface area contributed by atoms with Crippen LogP contribution < -0.4 is 9.47 Å². The molecule has 2 heterocycles. The maximum Gasteiger partial charge on any atom is 0.239 e. The molecule has 1 fully saturated rings. The van der Waals surface area contributed by atoms with Crippen LogP contribution in [0.1, 0.15) is 12.8 Å². The lowest BCUT2D eigenvalue weighted by Gasteiger charge is -2.15. The van der Waals surface area contributed by atoms with E-state index in [0.29, 0.717) is 35.4 Å². The van der Waals surface area contributed by atoms with Crippen LogP contribution in [0.4, 0.5) is 0 Å². The van der Waals surface area contributed by atoms with Gasteiger partial charge in [-0.05, 0) is 18.6 Å². The Labute approximate surface area is 184 Å². The summed E-state index contributed by atoms with van der Waals surface area (Å²) in [6.07, 6.45) is 1.14. The van der Waals surface area contributed by atoms with Crippen molar-refractivity contribution in [3.8, 4) is 28.6 Å². The van der Waals surface area contributed by atoms with Gasteiger partial charge in [-0.25, -0.2) is 0 Å². The number of thioether (sulfide) groups is 1. The molecular formula is C22H22N4O4S. The number of rotatable bonds is 7. The maximum absolute atomic E-state index is 12.5. The molecule has 0 atom stereocenters. The third-order valence-corrected chi connectivity index (χ3v) is 5.90. The number of benzene rings is 2. The summed E-state index contributed by atoms with van der Waals surface area (Å²) in [5, 5.41) is 9.26. The molecule has 9 heteroatoms. The second-order valence-electron chi connectivity index (χ2n) is 6.88. The minimum atomic E-state index is -0.212. The third kappa shape index (κ3) is 4.27. The number of imide groups is 1. The van der Waals surface area contributed by atoms with E-state index >= 15 is 0 Å². The molecule has 1 aliphatic rings. The molecule has 0 spiro atoms. The van der Waals surface area contributed by atoms with E-state index in [-0.39, 0.29) is 17.6 Å². The van der Waals surface area contributed by atoms with Crippen LogP contribution in [0.3, 0.4) is 0 Å². The molecule has 0 N–H and O–H groups in total. The first-order valence-corrected chi connectivity index (χ1v) is 10.8. The molecule has 0 saturated carbocycles. The van der Waals surface area contributed by atoms with Crippen molar-refractivity contribution in [2.45, 2.75) is 18.0 Å². The maximum atomic E-state index is 12.5. The van der Waals surface area contributed by atoms with E-state index in [1.165, 1.54) is 16.7 Å². The van der Waals surface area contributed by atoms with Gasteiger partial charge in [0.1, 0.15) is 0 Å². The number of hydrogen-bond donors (Lipinski definition) is 0. The van der Waals surface area contributed by atoms with Crippen molar-refractivity contribution < 1.29 is 19.1 Å². The number of amides is 2. The van der Waals surface area contributed by atoms with Crippen molar-refractivity contribution in [3.63, 3.8) is 0 Å². The zero-order chi connectivity index (χ0) is 21.8. The van der Waals surface area contributed by atoms with E-state index in [2.05, 4.69) is 10.2 Å². The van der Waals surface area contributed by atoms with Gasteiger partial charge >= 0.3 is 0 Å². The summed E-state index contributed by atoms with van der Waals surface area (Å²) < 4.78 is 12.7. The number of likely N-dealkylation sites (tertiary alicyclic amines) is 1. The summed E-state index contributed by atoms with van der Waals surface area (Å²) in [6, 6.07) is 15.2. The highest BCUT2D eigenvalue weighted by Gasteiger charge is 2.27. The van der Waals surface area contributed by atoms with Gasteiger partial charge < -0.3 is 9.47 Å². The molecule has 2 aromatic carbocycles. The Morgan fingerprint density at radius 1 is 1.06 bits per heavy atom. The quantitative estimate of drug-likeness (QED) is 0.524. The lowest BCUT2D eigenvalue weighted by Crippen LogP contribution is -2.33. The van der Waals surface area contributed by atoms with Gasteiger partial charge in [0, 0.05) is 24.6 Å². The van der Waals surface area contributed by atoms with Gasteiger partial charge in [0.15, 0.2) is 22.5 Å². The molecule has 1 saturated heterocycles.